The zero-order valence-electron chi connectivity index (χ0n) is 8.85. The van der Waals surface area contributed by atoms with Crippen LogP contribution in [0.2, 0.25) is 0 Å². The molecule has 1 aromatic carbocycles. The molecule has 80 valence electrons. The van der Waals surface area contributed by atoms with E-state index in [0.717, 1.165) is 24.7 Å². The summed E-state index contributed by atoms with van der Waals surface area (Å²) in [4.78, 5) is 4.55. The Morgan fingerprint density at radius 1 is 1.40 bits per heavy atom. The smallest absolute Gasteiger partial charge is 0.193 e. The lowest BCUT2D eigenvalue weighted by atomic mass is 10.1. The van der Waals surface area contributed by atoms with Crippen molar-refractivity contribution in [2.75, 3.05) is 18.6 Å². The van der Waals surface area contributed by atoms with Gasteiger partial charge in [0, 0.05) is 0 Å². The molecule has 0 fully saturated rings. The molecule has 0 bridgehead atoms. The normalized spacial score (nSPS) is 19.8. The van der Waals surface area contributed by atoms with Gasteiger partial charge in [-0.2, -0.15) is 11.8 Å². The van der Waals surface area contributed by atoms with E-state index in [0.29, 0.717) is 6.04 Å². The van der Waals surface area contributed by atoms with E-state index in [-0.39, 0.29) is 0 Å². The van der Waals surface area contributed by atoms with Gasteiger partial charge in [-0.1, -0.05) is 30.3 Å². The van der Waals surface area contributed by atoms with Crippen molar-refractivity contribution in [1.82, 2.24) is 0 Å². The lowest BCUT2D eigenvalue weighted by molar-refractivity contribution is 0.315. The minimum Gasteiger partial charge on any atom is -0.478 e. The molecule has 0 N–H and O–H groups in total. The van der Waals surface area contributed by atoms with Gasteiger partial charge in [0.15, 0.2) is 5.90 Å². The second-order valence-electron chi connectivity index (χ2n) is 3.61. The molecule has 1 atom stereocenters. The molecular formula is C12H15NOS. The third-order valence-electron chi connectivity index (χ3n) is 2.35. The summed E-state index contributed by atoms with van der Waals surface area (Å²) in [5.74, 6) is 1.80. The number of ether oxygens (including phenoxy) is 1. The highest BCUT2D eigenvalue weighted by Gasteiger charge is 2.18. The maximum atomic E-state index is 5.51. The van der Waals surface area contributed by atoms with Gasteiger partial charge in [-0.05, 0) is 18.2 Å². The Balaban J connectivity index is 1.92. The topological polar surface area (TPSA) is 21.6 Å². The van der Waals surface area contributed by atoms with E-state index >= 15 is 0 Å². The molecule has 1 heterocycles. The van der Waals surface area contributed by atoms with Crippen LogP contribution in [-0.4, -0.2) is 30.6 Å². The maximum absolute atomic E-state index is 5.51. The lowest BCUT2D eigenvalue weighted by Gasteiger charge is -2.04. The molecule has 0 amide bonds. The molecule has 0 radical (unpaired) electrons. The van der Waals surface area contributed by atoms with Crippen LogP contribution in [0.1, 0.15) is 5.56 Å². The van der Waals surface area contributed by atoms with E-state index in [4.69, 9.17) is 4.74 Å². The van der Waals surface area contributed by atoms with Crippen molar-refractivity contribution >= 4 is 17.7 Å². The van der Waals surface area contributed by atoms with Crippen LogP contribution in [0.3, 0.4) is 0 Å². The van der Waals surface area contributed by atoms with Crippen LogP contribution in [0.4, 0.5) is 0 Å². The highest BCUT2D eigenvalue weighted by molar-refractivity contribution is 7.99. The van der Waals surface area contributed by atoms with Crippen molar-refractivity contribution < 1.29 is 4.74 Å². The monoisotopic (exact) mass is 221 g/mol. The number of hydrogen-bond acceptors (Lipinski definition) is 3. The molecule has 1 aromatic rings. The Bertz CT molecular complexity index is 337. The van der Waals surface area contributed by atoms with Crippen molar-refractivity contribution in [2.45, 2.75) is 12.5 Å². The van der Waals surface area contributed by atoms with Gasteiger partial charge in [0.1, 0.15) is 6.61 Å². The number of aliphatic imine (C=N–C) groups is 1. The van der Waals surface area contributed by atoms with E-state index < -0.39 is 0 Å². The highest BCUT2D eigenvalue weighted by Crippen LogP contribution is 2.13. The van der Waals surface area contributed by atoms with Gasteiger partial charge in [-0.3, -0.25) is 0 Å². The number of thioether (sulfide) groups is 1. The molecule has 0 saturated carbocycles. The zero-order valence-corrected chi connectivity index (χ0v) is 9.67. The molecule has 0 aromatic heterocycles. The SMILES string of the molecule is CSCC1=N[C@@H](Cc2ccccc2)CO1. The molecule has 0 unspecified atom stereocenters. The molecule has 15 heavy (non-hydrogen) atoms. The van der Waals surface area contributed by atoms with Crippen molar-refractivity contribution in [1.29, 1.82) is 0 Å². The Hall–Kier alpha value is -0.960. The third kappa shape index (κ3) is 2.99. The molecular weight excluding hydrogens is 206 g/mol. The van der Waals surface area contributed by atoms with Crippen LogP contribution >= 0.6 is 11.8 Å². The Morgan fingerprint density at radius 3 is 2.93 bits per heavy atom. The minimum absolute atomic E-state index is 0.314. The highest BCUT2D eigenvalue weighted by atomic mass is 32.2. The summed E-state index contributed by atoms with van der Waals surface area (Å²) in [6.45, 7) is 0.741. The van der Waals surface area contributed by atoms with Gasteiger partial charge in [-0.15, -0.1) is 0 Å². The van der Waals surface area contributed by atoms with Crippen molar-refractivity contribution in [3.63, 3.8) is 0 Å². The van der Waals surface area contributed by atoms with Gasteiger partial charge in [-0.25, -0.2) is 4.99 Å². The summed E-state index contributed by atoms with van der Waals surface area (Å²) in [5.41, 5.74) is 1.33. The molecule has 0 saturated heterocycles. The average Bonchev–Trinajstić information content (AvgIpc) is 2.68. The molecule has 0 spiro atoms. The minimum atomic E-state index is 0.314. The summed E-state index contributed by atoms with van der Waals surface area (Å²) < 4.78 is 5.51. The Labute approximate surface area is 94.7 Å². The van der Waals surface area contributed by atoms with Crippen molar-refractivity contribution in [2.24, 2.45) is 4.99 Å². The van der Waals surface area contributed by atoms with Crippen LogP contribution in [0, 0.1) is 0 Å². The first-order valence-corrected chi connectivity index (χ1v) is 6.50. The molecule has 1 aliphatic rings. The van der Waals surface area contributed by atoms with Gasteiger partial charge >= 0.3 is 0 Å². The molecule has 2 nitrogen and oxygen atoms in total. The number of rotatable bonds is 4. The summed E-state index contributed by atoms with van der Waals surface area (Å²) >= 11 is 1.75. The first-order valence-electron chi connectivity index (χ1n) is 5.11. The van der Waals surface area contributed by atoms with Gasteiger partial charge in [0.2, 0.25) is 0 Å². The van der Waals surface area contributed by atoms with E-state index in [2.05, 4.69) is 35.5 Å². The predicted molar refractivity (Wildman–Crippen MR) is 65.7 cm³/mol. The van der Waals surface area contributed by atoms with Crippen LogP contribution in [-0.2, 0) is 11.2 Å². The number of nitrogens with zero attached hydrogens (tertiary/aromatic N) is 1. The van der Waals surface area contributed by atoms with Crippen LogP contribution in [0.15, 0.2) is 35.3 Å². The van der Waals surface area contributed by atoms with Crippen LogP contribution < -0.4 is 0 Å². The summed E-state index contributed by atoms with van der Waals surface area (Å²) in [5, 5.41) is 0. The van der Waals surface area contributed by atoms with Crippen molar-refractivity contribution in [3.8, 4) is 0 Å². The quantitative estimate of drug-likeness (QED) is 0.778. The summed E-state index contributed by atoms with van der Waals surface area (Å²) in [6.07, 6.45) is 3.05. The first-order chi connectivity index (χ1) is 7.38. The maximum Gasteiger partial charge on any atom is 0.193 e. The van der Waals surface area contributed by atoms with E-state index in [1.54, 1.807) is 11.8 Å². The molecule has 3 heteroatoms. The molecule has 1 aliphatic heterocycles. The standard InChI is InChI=1S/C12H15NOS/c1-15-9-12-13-11(8-14-12)7-10-5-3-2-4-6-10/h2-6,11H,7-9H2,1H3/t11-/m0/s1. The molecule has 2 rings (SSSR count). The van der Waals surface area contributed by atoms with E-state index in [1.807, 2.05) is 6.07 Å². The average molecular weight is 221 g/mol. The number of benzene rings is 1. The predicted octanol–water partition coefficient (Wildman–Crippen LogP) is 2.39. The summed E-state index contributed by atoms with van der Waals surface area (Å²) in [6, 6.07) is 10.8. The largest absolute Gasteiger partial charge is 0.478 e. The summed E-state index contributed by atoms with van der Waals surface area (Å²) in [7, 11) is 0. The van der Waals surface area contributed by atoms with Gasteiger partial charge < -0.3 is 4.74 Å². The van der Waals surface area contributed by atoms with Gasteiger partial charge in [0.05, 0.1) is 11.8 Å². The second-order valence-corrected chi connectivity index (χ2v) is 4.48. The van der Waals surface area contributed by atoms with Gasteiger partial charge in [0.25, 0.3) is 0 Å². The van der Waals surface area contributed by atoms with Crippen LogP contribution in [0.25, 0.3) is 0 Å². The zero-order chi connectivity index (χ0) is 10.5. The Kier molecular flexibility index (Phi) is 3.67. The second kappa shape index (κ2) is 5.21. The fraction of sp³-hybridized carbons (Fsp3) is 0.417. The fourth-order valence-corrected chi connectivity index (χ4v) is 2.07. The fourth-order valence-electron chi connectivity index (χ4n) is 1.66. The van der Waals surface area contributed by atoms with E-state index in [9.17, 15) is 0 Å². The van der Waals surface area contributed by atoms with Crippen LogP contribution in [0.5, 0.6) is 0 Å². The van der Waals surface area contributed by atoms with Crippen molar-refractivity contribution in [3.05, 3.63) is 35.9 Å². The Morgan fingerprint density at radius 2 is 2.20 bits per heavy atom. The lowest BCUT2D eigenvalue weighted by Crippen LogP contribution is -2.09. The molecule has 0 aliphatic carbocycles. The first kappa shape index (κ1) is 10.6. The number of hydrogen-bond donors (Lipinski definition) is 0. The third-order valence-corrected chi connectivity index (χ3v) is 2.89. The van der Waals surface area contributed by atoms with E-state index in [1.165, 1.54) is 5.56 Å².